The van der Waals surface area contributed by atoms with E-state index in [1.807, 2.05) is 0 Å². The Morgan fingerprint density at radius 3 is 2.32 bits per heavy atom. The summed E-state index contributed by atoms with van der Waals surface area (Å²) >= 11 is 5.71. The van der Waals surface area contributed by atoms with Gasteiger partial charge in [-0.2, -0.15) is 13.2 Å². The van der Waals surface area contributed by atoms with Crippen LogP contribution in [0.25, 0.3) is 0 Å². The molecule has 0 radical (unpaired) electrons. The number of rotatable bonds is 4. The van der Waals surface area contributed by atoms with Gasteiger partial charge >= 0.3 is 6.18 Å². The molecule has 0 aliphatic rings. The maximum atomic E-state index is 12.7. The van der Waals surface area contributed by atoms with Gasteiger partial charge in [-0.25, -0.2) is 0 Å². The molecule has 0 fully saturated rings. The van der Waals surface area contributed by atoms with E-state index in [0.717, 1.165) is 11.6 Å². The predicted molar refractivity (Wildman–Crippen MR) is 77.9 cm³/mol. The van der Waals surface area contributed by atoms with Gasteiger partial charge in [-0.05, 0) is 35.9 Å². The third kappa shape index (κ3) is 4.05. The Balaban J connectivity index is 2.21. The standard InChI is InChI=1S/C15H13ClF3NO2/c16-10-3-6-13(12(7-10)14(22)15(17,18)19)20-8-9-1-4-11(21)5-2-9/h1-7,14,20-22H,8H2/t14-/m0/s1. The van der Waals surface area contributed by atoms with Crippen LogP contribution < -0.4 is 5.32 Å². The molecule has 118 valence electrons. The molecular formula is C15H13ClF3NO2. The first kappa shape index (κ1) is 16.5. The lowest BCUT2D eigenvalue weighted by molar-refractivity contribution is -0.206. The molecule has 0 spiro atoms. The van der Waals surface area contributed by atoms with E-state index in [-0.39, 0.29) is 28.6 Å². The molecule has 0 aromatic heterocycles. The fourth-order valence-corrected chi connectivity index (χ4v) is 2.09. The fraction of sp³-hybridized carbons (Fsp3) is 0.200. The van der Waals surface area contributed by atoms with Gasteiger partial charge in [0.2, 0.25) is 0 Å². The number of anilines is 1. The summed E-state index contributed by atoms with van der Waals surface area (Å²) in [6.45, 7) is 0.236. The number of phenols is 1. The normalized spacial score (nSPS) is 13.0. The van der Waals surface area contributed by atoms with Gasteiger partial charge in [-0.15, -0.1) is 0 Å². The fourth-order valence-electron chi connectivity index (χ4n) is 1.91. The van der Waals surface area contributed by atoms with Gasteiger partial charge in [0, 0.05) is 22.8 Å². The van der Waals surface area contributed by atoms with Gasteiger partial charge in [0.15, 0.2) is 6.10 Å². The van der Waals surface area contributed by atoms with E-state index in [1.165, 1.54) is 24.3 Å². The Hall–Kier alpha value is -1.92. The van der Waals surface area contributed by atoms with Crippen LogP contribution in [-0.4, -0.2) is 16.4 Å². The highest BCUT2D eigenvalue weighted by atomic mass is 35.5. The number of aliphatic hydroxyl groups is 1. The molecule has 2 rings (SSSR count). The van der Waals surface area contributed by atoms with E-state index in [2.05, 4.69) is 5.32 Å². The maximum Gasteiger partial charge on any atom is 0.418 e. The summed E-state index contributed by atoms with van der Waals surface area (Å²) in [5.74, 6) is 0.100. The summed E-state index contributed by atoms with van der Waals surface area (Å²) in [5.41, 5.74) is 0.571. The van der Waals surface area contributed by atoms with Crippen LogP contribution in [0.2, 0.25) is 5.02 Å². The molecule has 0 saturated heterocycles. The number of benzene rings is 2. The van der Waals surface area contributed by atoms with E-state index in [0.29, 0.717) is 0 Å². The van der Waals surface area contributed by atoms with E-state index < -0.39 is 12.3 Å². The van der Waals surface area contributed by atoms with E-state index in [1.54, 1.807) is 12.1 Å². The second-order valence-electron chi connectivity index (χ2n) is 4.70. The highest BCUT2D eigenvalue weighted by molar-refractivity contribution is 6.30. The van der Waals surface area contributed by atoms with Crippen LogP contribution in [0.1, 0.15) is 17.2 Å². The summed E-state index contributed by atoms with van der Waals surface area (Å²) in [6.07, 6.45) is -7.40. The number of nitrogens with one attached hydrogen (secondary N) is 1. The number of aliphatic hydroxyl groups excluding tert-OH is 1. The number of alkyl halides is 3. The zero-order valence-corrected chi connectivity index (χ0v) is 12.0. The lowest BCUT2D eigenvalue weighted by Gasteiger charge is -2.19. The van der Waals surface area contributed by atoms with Crippen molar-refractivity contribution in [1.82, 2.24) is 0 Å². The van der Waals surface area contributed by atoms with Crippen molar-refractivity contribution >= 4 is 17.3 Å². The molecule has 0 bridgehead atoms. The molecule has 22 heavy (non-hydrogen) atoms. The minimum Gasteiger partial charge on any atom is -0.508 e. The molecule has 0 heterocycles. The monoisotopic (exact) mass is 331 g/mol. The Labute approximate surface area is 130 Å². The third-order valence-corrected chi connectivity index (χ3v) is 3.27. The van der Waals surface area contributed by atoms with Crippen LogP contribution in [0.15, 0.2) is 42.5 Å². The average Bonchev–Trinajstić information content (AvgIpc) is 2.46. The van der Waals surface area contributed by atoms with Crippen molar-refractivity contribution < 1.29 is 23.4 Å². The van der Waals surface area contributed by atoms with Crippen molar-refractivity contribution in [3.63, 3.8) is 0 Å². The first-order valence-corrected chi connectivity index (χ1v) is 6.71. The smallest absolute Gasteiger partial charge is 0.418 e. The Morgan fingerprint density at radius 2 is 1.73 bits per heavy atom. The van der Waals surface area contributed by atoms with Crippen molar-refractivity contribution in [2.45, 2.75) is 18.8 Å². The highest BCUT2D eigenvalue weighted by Crippen LogP contribution is 2.37. The van der Waals surface area contributed by atoms with E-state index in [9.17, 15) is 23.4 Å². The van der Waals surface area contributed by atoms with Crippen LogP contribution in [0.4, 0.5) is 18.9 Å². The van der Waals surface area contributed by atoms with Gasteiger partial charge in [0.05, 0.1) is 0 Å². The van der Waals surface area contributed by atoms with E-state index >= 15 is 0 Å². The molecule has 1 atom stereocenters. The van der Waals surface area contributed by atoms with Crippen LogP contribution in [-0.2, 0) is 6.54 Å². The Bertz CT molecular complexity index is 644. The zero-order valence-electron chi connectivity index (χ0n) is 11.2. The first-order chi connectivity index (χ1) is 10.3. The summed E-state index contributed by atoms with van der Waals surface area (Å²) in [4.78, 5) is 0. The van der Waals surface area contributed by atoms with Crippen molar-refractivity contribution in [3.05, 3.63) is 58.6 Å². The molecule has 2 aromatic carbocycles. The van der Waals surface area contributed by atoms with Crippen LogP contribution in [0.3, 0.4) is 0 Å². The van der Waals surface area contributed by atoms with Crippen molar-refractivity contribution in [1.29, 1.82) is 0 Å². The van der Waals surface area contributed by atoms with Gasteiger partial charge in [0.25, 0.3) is 0 Å². The second kappa shape index (κ2) is 6.46. The molecule has 0 saturated carbocycles. The number of halogens is 4. The SMILES string of the molecule is Oc1ccc(CNc2ccc(Cl)cc2[C@H](O)C(F)(F)F)cc1. The van der Waals surface area contributed by atoms with Gasteiger partial charge in [-0.3, -0.25) is 0 Å². The van der Waals surface area contributed by atoms with Crippen molar-refractivity contribution in [3.8, 4) is 5.75 Å². The number of hydrogen-bond acceptors (Lipinski definition) is 3. The van der Waals surface area contributed by atoms with E-state index in [4.69, 9.17) is 11.6 Å². The number of aromatic hydroxyl groups is 1. The first-order valence-electron chi connectivity index (χ1n) is 6.33. The quantitative estimate of drug-likeness (QED) is 0.785. The minimum absolute atomic E-state index is 0.100. The van der Waals surface area contributed by atoms with Crippen molar-refractivity contribution in [2.24, 2.45) is 0 Å². The minimum atomic E-state index is -4.78. The number of hydrogen-bond donors (Lipinski definition) is 3. The lowest BCUT2D eigenvalue weighted by atomic mass is 10.1. The predicted octanol–water partition coefficient (Wildman–Crippen LogP) is 4.25. The molecule has 3 N–H and O–H groups in total. The van der Waals surface area contributed by atoms with Gasteiger partial charge < -0.3 is 15.5 Å². The molecule has 0 aliphatic carbocycles. The second-order valence-corrected chi connectivity index (χ2v) is 5.13. The Morgan fingerprint density at radius 1 is 1.09 bits per heavy atom. The molecule has 7 heteroatoms. The molecule has 0 amide bonds. The highest BCUT2D eigenvalue weighted by Gasteiger charge is 2.40. The number of phenolic OH excluding ortho intramolecular Hbond substituents is 1. The molecule has 3 nitrogen and oxygen atoms in total. The topological polar surface area (TPSA) is 52.5 Å². The van der Waals surface area contributed by atoms with Gasteiger partial charge in [0.1, 0.15) is 5.75 Å². The summed E-state index contributed by atoms with van der Waals surface area (Å²) in [6, 6.07) is 10.1. The summed E-state index contributed by atoms with van der Waals surface area (Å²) in [7, 11) is 0. The summed E-state index contributed by atoms with van der Waals surface area (Å²) < 4.78 is 38.1. The molecule has 0 aliphatic heterocycles. The van der Waals surface area contributed by atoms with Crippen LogP contribution in [0, 0.1) is 0 Å². The summed E-state index contributed by atoms with van der Waals surface area (Å²) in [5, 5.41) is 21.6. The lowest BCUT2D eigenvalue weighted by Crippen LogP contribution is -2.21. The molecular weight excluding hydrogens is 319 g/mol. The van der Waals surface area contributed by atoms with Crippen LogP contribution in [0.5, 0.6) is 5.75 Å². The maximum absolute atomic E-state index is 12.7. The molecule has 0 unspecified atom stereocenters. The Kier molecular flexibility index (Phi) is 4.83. The van der Waals surface area contributed by atoms with Crippen molar-refractivity contribution in [2.75, 3.05) is 5.32 Å². The van der Waals surface area contributed by atoms with Crippen LogP contribution >= 0.6 is 11.6 Å². The molecule has 2 aromatic rings. The third-order valence-electron chi connectivity index (χ3n) is 3.04. The largest absolute Gasteiger partial charge is 0.508 e. The average molecular weight is 332 g/mol. The van der Waals surface area contributed by atoms with Gasteiger partial charge in [-0.1, -0.05) is 23.7 Å². The zero-order chi connectivity index (χ0) is 16.3.